The molecule has 1 heterocycles. The standard InChI is InChI=1S/C14H17Cl3N2O2/c15-10-5-12(17)13(6-11(10)16)21-8-14(20)19-3-1-9(7-18)2-4-19/h5-6,9H,1-4,7-8,18H2. The summed E-state index contributed by atoms with van der Waals surface area (Å²) >= 11 is 17.7. The molecule has 21 heavy (non-hydrogen) atoms. The van der Waals surface area contributed by atoms with Gasteiger partial charge in [0.2, 0.25) is 0 Å². The molecule has 0 aliphatic carbocycles. The molecule has 0 unspecified atom stereocenters. The van der Waals surface area contributed by atoms with Crippen LogP contribution in [0.1, 0.15) is 12.8 Å². The number of likely N-dealkylation sites (tertiary alicyclic amines) is 1. The number of rotatable bonds is 4. The third-order valence-corrected chi connectivity index (χ3v) is 4.64. The van der Waals surface area contributed by atoms with Crippen LogP contribution < -0.4 is 10.5 Å². The minimum absolute atomic E-state index is 0.0624. The molecule has 2 N–H and O–H groups in total. The smallest absolute Gasteiger partial charge is 0.260 e. The molecule has 1 aromatic rings. The number of piperidine rings is 1. The van der Waals surface area contributed by atoms with Crippen LogP contribution in [0.25, 0.3) is 0 Å². The first-order valence-electron chi connectivity index (χ1n) is 6.76. The first kappa shape index (κ1) is 16.7. The lowest BCUT2D eigenvalue weighted by atomic mass is 9.97. The summed E-state index contributed by atoms with van der Waals surface area (Å²) in [6.07, 6.45) is 1.88. The summed E-state index contributed by atoms with van der Waals surface area (Å²) < 4.78 is 5.45. The fourth-order valence-electron chi connectivity index (χ4n) is 2.26. The number of nitrogens with two attached hydrogens (primary N) is 1. The number of hydrogen-bond donors (Lipinski definition) is 1. The van der Waals surface area contributed by atoms with E-state index in [4.69, 9.17) is 45.3 Å². The zero-order chi connectivity index (χ0) is 15.4. The summed E-state index contributed by atoms with van der Waals surface area (Å²) in [5, 5.41) is 1.02. The number of carbonyl (C=O) groups is 1. The average molecular weight is 352 g/mol. The van der Waals surface area contributed by atoms with Gasteiger partial charge >= 0.3 is 0 Å². The van der Waals surface area contributed by atoms with Crippen molar-refractivity contribution in [2.24, 2.45) is 11.7 Å². The third kappa shape index (κ3) is 4.39. The number of ether oxygens (including phenoxy) is 1. The van der Waals surface area contributed by atoms with Crippen LogP contribution in [0, 0.1) is 5.92 Å². The summed E-state index contributed by atoms with van der Waals surface area (Å²) in [7, 11) is 0. The molecular formula is C14H17Cl3N2O2. The van der Waals surface area contributed by atoms with E-state index >= 15 is 0 Å². The number of nitrogens with zero attached hydrogens (tertiary/aromatic N) is 1. The summed E-state index contributed by atoms with van der Waals surface area (Å²) in [5.41, 5.74) is 5.64. The Hall–Kier alpha value is -0.680. The molecule has 1 aliphatic heterocycles. The highest BCUT2D eigenvalue weighted by molar-refractivity contribution is 6.43. The third-order valence-electron chi connectivity index (χ3n) is 3.63. The number of carbonyl (C=O) groups excluding carboxylic acids is 1. The molecule has 2 rings (SSSR count). The Morgan fingerprint density at radius 3 is 2.43 bits per heavy atom. The second kappa shape index (κ2) is 7.54. The van der Waals surface area contributed by atoms with E-state index in [2.05, 4.69) is 0 Å². The first-order valence-corrected chi connectivity index (χ1v) is 7.90. The van der Waals surface area contributed by atoms with Crippen LogP contribution in [-0.4, -0.2) is 37.0 Å². The molecule has 1 aliphatic rings. The number of halogens is 3. The van der Waals surface area contributed by atoms with Crippen molar-refractivity contribution >= 4 is 40.7 Å². The first-order chi connectivity index (χ1) is 10.0. The van der Waals surface area contributed by atoms with Crippen LogP contribution >= 0.6 is 34.8 Å². The average Bonchev–Trinajstić information content (AvgIpc) is 2.49. The highest BCUT2D eigenvalue weighted by atomic mass is 35.5. The van der Waals surface area contributed by atoms with Crippen LogP contribution in [-0.2, 0) is 4.79 Å². The van der Waals surface area contributed by atoms with Gasteiger partial charge in [0.1, 0.15) is 5.75 Å². The van der Waals surface area contributed by atoms with Gasteiger partial charge in [-0.05, 0) is 31.4 Å². The predicted octanol–water partition coefficient (Wildman–Crippen LogP) is 3.22. The molecule has 0 atom stereocenters. The lowest BCUT2D eigenvalue weighted by molar-refractivity contribution is -0.134. The Balaban J connectivity index is 1.88. The van der Waals surface area contributed by atoms with Crippen molar-refractivity contribution < 1.29 is 9.53 Å². The van der Waals surface area contributed by atoms with Gasteiger partial charge in [0, 0.05) is 19.2 Å². The molecule has 0 bridgehead atoms. The van der Waals surface area contributed by atoms with Crippen molar-refractivity contribution in [3.8, 4) is 5.75 Å². The monoisotopic (exact) mass is 350 g/mol. The van der Waals surface area contributed by atoms with Crippen molar-refractivity contribution in [3.63, 3.8) is 0 Å². The molecule has 1 aromatic carbocycles. The van der Waals surface area contributed by atoms with Gasteiger partial charge in [-0.1, -0.05) is 34.8 Å². The van der Waals surface area contributed by atoms with Crippen molar-refractivity contribution in [1.82, 2.24) is 4.90 Å². The Morgan fingerprint density at radius 1 is 1.19 bits per heavy atom. The minimum atomic E-state index is -0.0645. The quantitative estimate of drug-likeness (QED) is 0.847. The number of benzene rings is 1. The number of amides is 1. The summed E-state index contributed by atoms with van der Waals surface area (Å²) in [5.74, 6) is 0.809. The van der Waals surface area contributed by atoms with Crippen molar-refractivity contribution in [1.29, 1.82) is 0 Å². The number of hydrogen-bond acceptors (Lipinski definition) is 3. The van der Waals surface area contributed by atoms with E-state index in [-0.39, 0.29) is 12.5 Å². The maximum atomic E-state index is 12.1. The van der Waals surface area contributed by atoms with Gasteiger partial charge in [-0.15, -0.1) is 0 Å². The van der Waals surface area contributed by atoms with E-state index in [1.807, 2.05) is 0 Å². The zero-order valence-corrected chi connectivity index (χ0v) is 13.7. The second-order valence-corrected chi connectivity index (χ2v) is 6.27. The SMILES string of the molecule is NCC1CCN(C(=O)COc2cc(Cl)c(Cl)cc2Cl)CC1. The lowest BCUT2D eigenvalue weighted by Gasteiger charge is -2.31. The summed E-state index contributed by atoms with van der Waals surface area (Å²) in [6, 6.07) is 3.01. The summed E-state index contributed by atoms with van der Waals surface area (Å²) in [6.45, 7) is 2.06. The molecule has 116 valence electrons. The van der Waals surface area contributed by atoms with Gasteiger partial charge < -0.3 is 15.4 Å². The van der Waals surface area contributed by atoms with Gasteiger partial charge in [0.25, 0.3) is 5.91 Å². The van der Waals surface area contributed by atoms with Gasteiger partial charge in [-0.25, -0.2) is 0 Å². The molecule has 0 aromatic heterocycles. The van der Waals surface area contributed by atoms with Gasteiger partial charge in [0.05, 0.1) is 15.1 Å². The molecule has 4 nitrogen and oxygen atoms in total. The minimum Gasteiger partial charge on any atom is -0.482 e. The Kier molecular flexibility index (Phi) is 5.99. The maximum absolute atomic E-state index is 12.1. The van der Waals surface area contributed by atoms with E-state index in [0.717, 1.165) is 25.9 Å². The maximum Gasteiger partial charge on any atom is 0.260 e. The van der Waals surface area contributed by atoms with Crippen LogP contribution in [0.5, 0.6) is 5.75 Å². The lowest BCUT2D eigenvalue weighted by Crippen LogP contribution is -2.42. The van der Waals surface area contributed by atoms with E-state index in [1.54, 1.807) is 4.90 Å². The van der Waals surface area contributed by atoms with Crippen molar-refractivity contribution in [2.45, 2.75) is 12.8 Å². The van der Waals surface area contributed by atoms with E-state index in [9.17, 15) is 4.79 Å². The van der Waals surface area contributed by atoms with Crippen LogP contribution in [0.3, 0.4) is 0 Å². The van der Waals surface area contributed by atoms with Crippen LogP contribution in [0.4, 0.5) is 0 Å². The Morgan fingerprint density at radius 2 is 1.81 bits per heavy atom. The fourth-order valence-corrected chi connectivity index (χ4v) is 2.86. The van der Waals surface area contributed by atoms with E-state index in [0.29, 0.717) is 33.3 Å². The molecule has 0 radical (unpaired) electrons. The molecule has 0 saturated carbocycles. The van der Waals surface area contributed by atoms with Gasteiger partial charge in [0.15, 0.2) is 6.61 Å². The van der Waals surface area contributed by atoms with Crippen molar-refractivity contribution in [3.05, 3.63) is 27.2 Å². The topological polar surface area (TPSA) is 55.6 Å². The molecular weight excluding hydrogens is 335 g/mol. The zero-order valence-electron chi connectivity index (χ0n) is 11.4. The molecule has 1 amide bonds. The molecule has 1 fully saturated rings. The predicted molar refractivity (Wildman–Crippen MR) is 85.3 cm³/mol. The molecule has 1 saturated heterocycles. The largest absolute Gasteiger partial charge is 0.482 e. The van der Waals surface area contributed by atoms with Gasteiger partial charge in [-0.3, -0.25) is 4.79 Å². The molecule has 0 spiro atoms. The van der Waals surface area contributed by atoms with E-state index in [1.165, 1.54) is 12.1 Å². The van der Waals surface area contributed by atoms with Crippen LogP contribution in [0.2, 0.25) is 15.1 Å². The second-order valence-electron chi connectivity index (χ2n) is 5.05. The highest BCUT2D eigenvalue weighted by Gasteiger charge is 2.22. The van der Waals surface area contributed by atoms with E-state index < -0.39 is 0 Å². The highest BCUT2D eigenvalue weighted by Crippen LogP contribution is 2.33. The Labute approximate surface area is 139 Å². The van der Waals surface area contributed by atoms with Gasteiger partial charge in [-0.2, -0.15) is 0 Å². The fraction of sp³-hybridized carbons (Fsp3) is 0.500. The van der Waals surface area contributed by atoms with Crippen LogP contribution in [0.15, 0.2) is 12.1 Å². The summed E-state index contributed by atoms with van der Waals surface area (Å²) in [4.78, 5) is 13.9. The van der Waals surface area contributed by atoms with Crippen molar-refractivity contribution in [2.75, 3.05) is 26.2 Å². The normalized spacial score (nSPS) is 16.1. The Bertz CT molecular complexity index is 517. The molecule has 7 heteroatoms.